The molecule has 0 bridgehead atoms. The second-order valence-corrected chi connectivity index (χ2v) is 6.84. The quantitative estimate of drug-likeness (QED) is 0.708. The molecule has 3 aromatic rings. The highest BCUT2D eigenvalue weighted by atomic mass is 16.5. The fraction of sp³-hybridized carbons (Fsp3) is 0.412. The summed E-state index contributed by atoms with van der Waals surface area (Å²) in [4.78, 5) is 13.7. The molecule has 0 aromatic carbocycles. The van der Waals surface area contributed by atoms with Gasteiger partial charge in [-0.15, -0.1) is 0 Å². The molecular weight excluding hydrogens is 318 g/mol. The summed E-state index contributed by atoms with van der Waals surface area (Å²) in [6.07, 6.45) is 8.81. The third kappa shape index (κ3) is 2.78. The Morgan fingerprint density at radius 1 is 1.08 bits per heavy atom. The fourth-order valence-corrected chi connectivity index (χ4v) is 4.01. The number of likely N-dealkylation sites (tertiary alicyclic amines) is 1. The van der Waals surface area contributed by atoms with Crippen molar-refractivity contribution >= 4 is 5.82 Å². The lowest BCUT2D eigenvalue weighted by atomic mass is 10.0. The molecule has 128 valence electrons. The van der Waals surface area contributed by atoms with Gasteiger partial charge in [-0.1, -0.05) is 5.16 Å². The molecule has 2 aliphatic heterocycles. The minimum Gasteiger partial charge on any atom is -0.364 e. The molecule has 2 fully saturated rings. The maximum atomic E-state index is 4.93. The van der Waals surface area contributed by atoms with E-state index in [1.165, 1.54) is 0 Å². The van der Waals surface area contributed by atoms with E-state index in [0.717, 1.165) is 49.9 Å². The SMILES string of the molecule is c1cnn(-c2cc(N3CC4CN(Cc5cnoc5)CC4C3)ncn2)c1. The molecule has 0 saturated carbocycles. The van der Waals surface area contributed by atoms with Gasteiger partial charge in [0.15, 0.2) is 5.82 Å². The molecule has 2 aliphatic rings. The molecule has 8 heteroatoms. The monoisotopic (exact) mass is 337 g/mol. The molecule has 2 unspecified atom stereocenters. The standard InChI is InChI=1S/C17H19N7O/c1-2-20-24(3-1)17-4-16(18-12-19-17)23-9-14-7-22(8-15(14)10-23)6-13-5-21-25-11-13/h1-5,11-12,14-15H,6-10H2. The first-order valence-corrected chi connectivity index (χ1v) is 8.53. The van der Waals surface area contributed by atoms with Gasteiger partial charge in [0.2, 0.25) is 0 Å². The van der Waals surface area contributed by atoms with Crippen LogP contribution < -0.4 is 4.90 Å². The van der Waals surface area contributed by atoms with Gasteiger partial charge in [-0.3, -0.25) is 4.90 Å². The molecule has 0 aliphatic carbocycles. The summed E-state index contributed by atoms with van der Waals surface area (Å²) < 4.78 is 6.70. The van der Waals surface area contributed by atoms with E-state index in [1.54, 1.807) is 29.7 Å². The lowest BCUT2D eigenvalue weighted by Gasteiger charge is -2.22. The van der Waals surface area contributed by atoms with Crippen molar-refractivity contribution in [2.24, 2.45) is 11.8 Å². The Labute approximate surface area is 145 Å². The van der Waals surface area contributed by atoms with E-state index >= 15 is 0 Å². The van der Waals surface area contributed by atoms with E-state index in [4.69, 9.17) is 4.52 Å². The average Bonchev–Trinajstić information content (AvgIpc) is 3.40. The molecule has 3 aromatic heterocycles. The van der Waals surface area contributed by atoms with Gasteiger partial charge in [0.05, 0.1) is 6.20 Å². The number of aromatic nitrogens is 5. The second kappa shape index (κ2) is 5.96. The van der Waals surface area contributed by atoms with Crippen LogP contribution in [0.15, 0.2) is 47.8 Å². The number of hydrogen-bond acceptors (Lipinski definition) is 7. The van der Waals surface area contributed by atoms with E-state index < -0.39 is 0 Å². The van der Waals surface area contributed by atoms with Crippen LogP contribution in [0, 0.1) is 11.8 Å². The van der Waals surface area contributed by atoms with Gasteiger partial charge in [-0.05, 0) is 17.9 Å². The highest BCUT2D eigenvalue weighted by Gasteiger charge is 2.40. The van der Waals surface area contributed by atoms with Crippen molar-refractivity contribution in [3.05, 3.63) is 48.9 Å². The van der Waals surface area contributed by atoms with Crippen molar-refractivity contribution in [2.45, 2.75) is 6.54 Å². The zero-order chi connectivity index (χ0) is 16.6. The molecule has 25 heavy (non-hydrogen) atoms. The van der Waals surface area contributed by atoms with Crippen molar-refractivity contribution in [3.63, 3.8) is 0 Å². The van der Waals surface area contributed by atoms with E-state index in [1.807, 2.05) is 18.3 Å². The minimum atomic E-state index is 0.683. The summed E-state index contributed by atoms with van der Waals surface area (Å²) in [5.41, 5.74) is 1.15. The van der Waals surface area contributed by atoms with Crippen molar-refractivity contribution in [1.82, 2.24) is 29.8 Å². The normalized spacial score (nSPS) is 23.3. The van der Waals surface area contributed by atoms with Crippen molar-refractivity contribution in [2.75, 3.05) is 31.1 Å². The number of nitrogens with zero attached hydrogens (tertiary/aromatic N) is 7. The number of anilines is 1. The van der Waals surface area contributed by atoms with Crippen LogP contribution in [-0.2, 0) is 6.54 Å². The molecule has 0 radical (unpaired) electrons. The van der Waals surface area contributed by atoms with Crippen molar-refractivity contribution in [1.29, 1.82) is 0 Å². The molecule has 2 atom stereocenters. The third-order valence-electron chi connectivity index (χ3n) is 5.15. The summed E-state index contributed by atoms with van der Waals surface area (Å²) in [6, 6.07) is 3.91. The molecule has 5 rings (SSSR count). The molecular formula is C17H19N7O. The summed E-state index contributed by atoms with van der Waals surface area (Å²) in [6.45, 7) is 5.24. The lowest BCUT2D eigenvalue weighted by molar-refractivity contribution is 0.307. The highest BCUT2D eigenvalue weighted by Crippen LogP contribution is 2.34. The fourth-order valence-electron chi connectivity index (χ4n) is 4.01. The van der Waals surface area contributed by atoms with Gasteiger partial charge in [0.25, 0.3) is 0 Å². The Balaban J connectivity index is 1.26. The van der Waals surface area contributed by atoms with Gasteiger partial charge in [-0.2, -0.15) is 5.10 Å². The van der Waals surface area contributed by atoms with E-state index in [9.17, 15) is 0 Å². The van der Waals surface area contributed by atoms with E-state index in [0.29, 0.717) is 11.8 Å². The first kappa shape index (κ1) is 14.6. The third-order valence-corrected chi connectivity index (χ3v) is 5.15. The van der Waals surface area contributed by atoms with Crippen LogP contribution in [0.25, 0.3) is 5.82 Å². The molecule has 2 saturated heterocycles. The Bertz CT molecular complexity index is 819. The van der Waals surface area contributed by atoms with Crippen LogP contribution in [0.5, 0.6) is 0 Å². The van der Waals surface area contributed by atoms with Crippen molar-refractivity contribution in [3.8, 4) is 5.82 Å². The van der Waals surface area contributed by atoms with Crippen LogP contribution in [0.4, 0.5) is 5.82 Å². The zero-order valence-corrected chi connectivity index (χ0v) is 13.8. The minimum absolute atomic E-state index is 0.683. The molecule has 5 heterocycles. The molecule has 0 spiro atoms. The largest absolute Gasteiger partial charge is 0.364 e. The maximum absolute atomic E-state index is 4.93. The van der Waals surface area contributed by atoms with Crippen LogP contribution >= 0.6 is 0 Å². The summed E-state index contributed by atoms with van der Waals surface area (Å²) in [5, 5.41) is 8.03. The predicted molar refractivity (Wildman–Crippen MR) is 90.1 cm³/mol. The first-order valence-electron chi connectivity index (χ1n) is 8.53. The molecule has 0 N–H and O–H groups in total. The molecule has 0 amide bonds. The average molecular weight is 337 g/mol. The maximum Gasteiger partial charge on any atom is 0.158 e. The predicted octanol–water partition coefficient (Wildman–Crippen LogP) is 1.22. The van der Waals surface area contributed by atoms with Crippen molar-refractivity contribution < 1.29 is 4.52 Å². The number of fused-ring (bicyclic) bond motifs is 1. The number of hydrogen-bond donors (Lipinski definition) is 0. The summed E-state index contributed by atoms with van der Waals surface area (Å²) >= 11 is 0. The summed E-state index contributed by atoms with van der Waals surface area (Å²) in [7, 11) is 0. The number of rotatable bonds is 4. The molecule has 8 nitrogen and oxygen atoms in total. The summed E-state index contributed by atoms with van der Waals surface area (Å²) in [5.74, 6) is 3.16. The van der Waals surface area contributed by atoms with Gasteiger partial charge in [0.1, 0.15) is 18.4 Å². The van der Waals surface area contributed by atoms with Crippen LogP contribution in [-0.4, -0.2) is 56.0 Å². The zero-order valence-electron chi connectivity index (χ0n) is 13.8. The van der Waals surface area contributed by atoms with Crippen LogP contribution in [0.1, 0.15) is 5.56 Å². The first-order chi connectivity index (χ1) is 12.3. The van der Waals surface area contributed by atoms with Crippen LogP contribution in [0.3, 0.4) is 0 Å². The van der Waals surface area contributed by atoms with E-state index in [2.05, 4.69) is 30.0 Å². The Hall–Kier alpha value is -2.74. The van der Waals surface area contributed by atoms with Crippen LogP contribution in [0.2, 0.25) is 0 Å². The topological polar surface area (TPSA) is 76.1 Å². The smallest absolute Gasteiger partial charge is 0.158 e. The Morgan fingerprint density at radius 3 is 2.64 bits per heavy atom. The van der Waals surface area contributed by atoms with Gasteiger partial charge < -0.3 is 9.42 Å². The Kier molecular flexibility index (Phi) is 3.48. The lowest BCUT2D eigenvalue weighted by Crippen LogP contribution is -2.29. The van der Waals surface area contributed by atoms with Gasteiger partial charge >= 0.3 is 0 Å². The van der Waals surface area contributed by atoms with Gasteiger partial charge in [0, 0.05) is 56.7 Å². The Morgan fingerprint density at radius 2 is 1.92 bits per heavy atom. The second-order valence-electron chi connectivity index (χ2n) is 6.84. The van der Waals surface area contributed by atoms with E-state index in [-0.39, 0.29) is 0 Å². The van der Waals surface area contributed by atoms with Gasteiger partial charge in [-0.25, -0.2) is 14.6 Å². The highest BCUT2D eigenvalue weighted by molar-refractivity contribution is 5.44.